The van der Waals surface area contributed by atoms with Crippen LogP contribution >= 0.6 is 0 Å². The minimum absolute atomic E-state index is 0.180. The normalized spacial score (nSPS) is 12.4. The Morgan fingerprint density at radius 1 is 1.00 bits per heavy atom. The van der Waals surface area contributed by atoms with Crippen molar-refractivity contribution in [3.8, 4) is 5.75 Å². The lowest BCUT2D eigenvalue weighted by Gasteiger charge is -2.14. The van der Waals surface area contributed by atoms with Gasteiger partial charge in [-0.2, -0.15) is 8.78 Å². The van der Waals surface area contributed by atoms with Crippen LogP contribution in [0, 0.1) is 0 Å². The highest BCUT2D eigenvalue weighted by molar-refractivity contribution is 5.27. The number of ether oxygens (including phenoxy) is 1. The molecule has 2 aromatic carbocycles. The van der Waals surface area contributed by atoms with Crippen LogP contribution in [0.5, 0.6) is 5.75 Å². The largest absolute Gasteiger partial charge is 0.435 e. The summed E-state index contributed by atoms with van der Waals surface area (Å²) in [6.07, 6.45) is 0. The van der Waals surface area contributed by atoms with Crippen LogP contribution in [0.15, 0.2) is 54.6 Å². The van der Waals surface area contributed by atoms with Crippen molar-refractivity contribution in [2.75, 3.05) is 0 Å². The molecule has 0 amide bonds. The second kappa shape index (κ2) is 7.01. The highest BCUT2D eigenvalue weighted by Gasteiger charge is 2.05. The van der Waals surface area contributed by atoms with E-state index in [1.54, 1.807) is 24.3 Å². The maximum Gasteiger partial charge on any atom is 0.387 e. The van der Waals surface area contributed by atoms with Crippen molar-refractivity contribution in [2.45, 2.75) is 26.1 Å². The van der Waals surface area contributed by atoms with Crippen LogP contribution in [0.1, 0.15) is 24.1 Å². The average molecular weight is 277 g/mol. The first-order valence-electron chi connectivity index (χ1n) is 6.47. The van der Waals surface area contributed by atoms with Crippen molar-refractivity contribution in [1.82, 2.24) is 5.32 Å². The van der Waals surface area contributed by atoms with Crippen molar-refractivity contribution < 1.29 is 13.5 Å². The number of alkyl halides is 2. The summed E-state index contributed by atoms with van der Waals surface area (Å²) in [5.41, 5.74) is 2.24. The predicted molar refractivity (Wildman–Crippen MR) is 74.8 cm³/mol. The third kappa shape index (κ3) is 4.31. The summed E-state index contributed by atoms with van der Waals surface area (Å²) in [6.45, 7) is -0.0219. The lowest BCUT2D eigenvalue weighted by Crippen LogP contribution is -2.17. The maximum atomic E-state index is 12.0. The molecule has 2 rings (SSSR count). The van der Waals surface area contributed by atoms with Gasteiger partial charge in [-0.25, -0.2) is 0 Å². The number of hydrogen-bond donors (Lipinski definition) is 1. The molecule has 4 heteroatoms. The third-order valence-electron chi connectivity index (χ3n) is 3.06. The van der Waals surface area contributed by atoms with Crippen molar-refractivity contribution in [3.63, 3.8) is 0 Å². The van der Waals surface area contributed by atoms with Gasteiger partial charge in [0.1, 0.15) is 5.75 Å². The van der Waals surface area contributed by atoms with Crippen molar-refractivity contribution in [3.05, 3.63) is 65.7 Å². The van der Waals surface area contributed by atoms with E-state index in [1.807, 2.05) is 18.2 Å². The van der Waals surface area contributed by atoms with Gasteiger partial charge in [-0.15, -0.1) is 0 Å². The number of benzene rings is 2. The first-order valence-corrected chi connectivity index (χ1v) is 6.47. The van der Waals surface area contributed by atoms with Gasteiger partial charge in [0, 0.05) is 12.6 Å². The summed E-state index contributed by atoms with van der Waals surface area (Å²) in [4.78, 5) is 0. The van der Waals surface area contributed by atoms with E-state index in [0.29, 0.717) is 6.54 Å². The van der Waals surface area contributed by atoms with Gasteiger partial charge in [0.15, 0.2) is 0 Å². The molecule has 0 saturated carbocycles. The quantitative estimate of drug-likeness (QED) is 0.857. The molecule has 1 unspecified atom stereocenters. The van der Waals surface area contributed by atoms with Gasteiger partial charge in [0.25, 0.3) is 0 Å². The van der Waals surface area contributed by atoms with E-state index in [-0.39, 0.29) is 11.8 Å². The monoisotopic (exact) mass is 277 g/mol. The zero-order valence-corrected chi connectivity index (χ0v) is 11.2. The Hall–Kier alpha value is -1.94. The Labute approximate surface area is 117 Å². The molecule has 106 valence electrons. The SMILES string of the molecule is CC(NCc1ccc(OC(F)F)cc1)c1ccccc1. The van der Waals surface area contributed by atoms with Gasteiger partial charge in [-0.3, -0.25) is 0 Å². The molecule has 2 nitrogen and oxygen atoms in total. The van der Waals surface area contributed by atoms with E-state index in [9.17, 15) is 8.78 Å². The van der Waals surface area contributed by atoms with Crippen molar-refractivity contribution in [1.29, 1.82) is 0 Å². The minimum Gasteiger partial charge on any atom is -0.435 e. The molecule has 0 saturated heterocycles. The smallest absolute Gasteiger partial charge is 0.387 e. The molecule has 1 atom stereocenters. The summed E-state index contributed by atoms with van der Waals surface area (Å²) >= 11 is 0. The molecule has 0 aliphatic carbocycles. The topological polar surface area (TPSA) is 21.3 Å². The lowest BCUT2D eigenvalue weighted by atomic mass is 10.1. The fourth-order valence-electron chi connectivity index (χ4n) is 1.92. The van der Waals surface area contributed by atoms with Crippen LogP contribution in [-0.2, 0) is 6.54 Å². The molecule has 0 fully saturated rings. The first-order chi connectivity index (χ1) is 9.65. The number of halogens is 2. The Bertz CT molecular complexity index is 514. The van der Waals surface area contributed by atoms with Gasteiger partial charge >= 0.3 is 6.61 Å². The van der Waals surface area contributed by atoms with E-state index in [0.717, 1.165) is 5.56 Å². The highest BCUT2D eigenvalue weighted by atomic mass is 19.3. The molecule has 0 aliphatic heterocycles. The standard InChI is InChI=1S/C16H17F2NO/c1-12(14-5-3-2-4-6-14)19-11-13-7-9-15(10-8-13)20-16(17)18/h2-10,12,16,19H,11H2,1H3. The average Bonchev–Trinajstić information content (AvgIpc) is 2.46. The zero-order valence-electron chi connectivity index (χ0n) is 11.2. The van der Waals surface area contributed by atoms with Crippen LogP contribution in [-0.4, -0.2) is 6.61 Å². The Kier molecular flexibility index (Phi) is 5.07. The van der Waals surface area contributed by atoms with E-state index >= 15 is 0 Å². The van der Waals surface area contributed by atoms with Crippen molar-refractivity contribution in [2.24, 2.45) is 0 Å². The van der Waals surface area contributed by atoms with E-state index < -0.39 is 6.61 Å². The highest BCUT2D eigenvalue weighted by Crippen LogP contribution is 2.16. The zero-order chi connectivity index (χ0) is 14.4. The van der Waals surface area contributed by atoms with Gasteiger partial charge in [-0.05, 0) is 30.2 Å². The fourth-order valence-corrected chi connectivity index (χ4v) is 1.92. The Morgan fingerprint density at radius 2 is 1.65 bits per heavy atom. The second-order valence-corrected chi connectivity index (χ2v) is 4.54. The fraction of sp³-hybridized carbons (Fsp3) is 0.250. The van der Waals surface area contributed by atoms with Crippen LogP contribution in [0.3, 0.4) is 0 Å². The minimum atomic E-state index is -2.78. The van der Waals surface area contributed by atoms with E-state index in [2.05, 4.69) is 29.1 Å². The number of nitrogens with one attached hydrogen (secondary N) is 1. The predicted octanol–water partition coefficient (Wildman–Crippen LogP) is 4.14. The number of hydrogen-bond acceptors (Lipinski definition) is 2. The van der Waals surface area contributed by atoms with Gasteiger partial charge < -0.3 is 10.1 Å². The molecule has 0 spiro atoms. The molecule has 0 aromatic heterocycles. The van der Waals surface area contributed by atoms with Gasteiger partial charge in [0.2, 0.25) is 0 Å². The molecule has 0 aliphatic rings. The van der Waals surface area contributed by atoms with Crippen LogP contribution in [0.4, 0.5) is 8.78 Å². The lowest BCUT2D eigenvalue weighted by molar-refractivity contribution is -0.0498. The number of rotatable bonds is 6. The Balaban J connectivity index is 1.88. The van der Waals surface area contributed by atoms with Gasteiger partial charge in [-0.1, -0.05) is 42.5 Å². The summed E-state index contributed by atoms with van der Waals surface area (Å²) in [7, 11) is 0. The first kappa shape index (κ1) is 14.5. The molecule has 1 N–H and O–H groups in total. The molecular formula is C16H17F2NO. The van der Waals surface area contributed by atoms with E-state index in [4.69, 9.17) is 0 Å². The third-order valence-corrected chi connectivity index (χ3v) is 3.06. The molecule has 0 radical (unpaired) electrons. The molecule has 0 bridgehead atoms. The van der Waals surface area contributed by atoms with Crippen LogP contribution in [0.2, 0.25) is 0 Å². The summed E-state index contributed by atoms with van der Waals surface area (Å²) < 4.78 is 28.4. The molecule has 20 heavy (non-hydrogen) atoms. The summed E-state index contributed by atoms with van der Waals surface area (Å²) in [6, 6.07) is 17.0. The second-order valence-electron chi connectivity index (χ2n) is 4.54. The summed E-state index contributed by atoms with van der Waals surface area (Å²) in [5, 5.41) is 3.39. The molecule has 2 aromatic rings. The van der Waals surface area contributed by atoms with Crippen LogP contribution < -0.4 is 10.1 Å². The molecular weight excluding hydrogens is 260 g/mol. The van der Waals surface area contributed by atoms with Crippen LogP contribution in [0.25, 0.3) is 0 Å². The van der Waals surface area contributed by atoms with Gasteiger partial charge in [0.05, 0.1) is 0 Å². The van der Waals surface area contributed by atoms with Crippen molar-refractivity contribution >= 4 is 0 Å². The molecule has 0 heterocycles. The summed E-state index contributed by atoms with van der Waals surface area (Å²) in [5.74, 6) is 0.180. The van der Waals surface area contributed by atoms with E-state index in [1.165, 1.54) is 5.56 Å². The Morgan fingerprint density at radius 3 is 2.25 bits per heavy atom. The maximum absolute atomic E-state index is 12.0.